The zero-order chi connectivity index (χ0) is 21.8. The molecule has 0 aliphatic carbocycles. The van der Waals surface area contributed by atoms with Crippen molar-refractivity contribution in [2.75, 3.05) is 18.2 Å². The zero-order valence-electron chi connectivity index (χ0n) is 16.7. The topological polar surface area (TPSA) is 81.9 Å². The first-order chi connectivity index (χ1) is 15.0. The van der Waals surface area contributed by atoms with Gasteiger partial charge in [0.05, 0.1) is 18.6 Å². The maximum absolute atomic E-state index is 13.1. The van der Waals surface area contributed by atoms with Gasteiger partial charge in [-0.2, -0.15) is 0 Å². The predicted octanol–water partition coefficient (Wildman–Crippen LogP) is 4.48. The number of nitrogens with one attached hydrogen (secondary N) is 1. The Bertz CT molecular complexity index is 1190. The van der Waals surface area contributed by atoms with Gasteiger partial charge in [-0.05, 0) is 48.5 Å². The normalized spacial score (nSPS) is 10.8. The van der Waals surface area contributed by atoms with Gasteiger partial charge in [0.2, 0.25) is 5.91 Å². The molecule has 0 saturated carbocycles. The second-order valence-electron chi connectivity index (χ2n) is 6.48. The van der Waals surface area contributed by atoms with Gasteiger partial charge >= 0.3 is 0 Å². The number of thiazole rings is 1. The van der Waals surface area contributed by atoms with E-state index in [1.807, 2.05) is 41.3 Å². The fourth-order valence-electron chi connectivity index (χ4n) is 2.80. The summed E-state index contributed by atoms with van der Waals surface area (Å²) < 4.78 is 20.1. The summed E-state index contributed by atoms with van der Waals surface area (Å²) in [5.41, 5.74) is 2.38. The van der Waals surface area contributed by atoms with Crippen LogP contribution in [0.15, 0.2) is 59.1 Å². The molecule has 0 saturated heterocycles. The van der Waals surface area contributed by atoms with Crippen LogP contribution >= 0.6 is 23.1 Å². The molecule has 1 N–H and O–H groups in total. The van der Waals surface area contributed by atoms with Crippen LogP contribution in [0.25, 0.3) is 22.6 Å². The second kappa shape index (κ2) is 9.27. The number of carbonyl (C=O) groups excluding carboxylic acids is 1. The van der Waals surface area contributed by atoms with E-state index in [-0.39, 0.29) is 17.5 Å². The number of hydrogen-bond acceptors (Lipinski definition) is 7. The number of carbonyl (C=O) groups is 1. The molecule has 0 radical (unpaired) electrons. The number of benzene rings is 2. The highest BCUT2D eigenvalue weighted by Gasteiger charge is 2.14. The first-order valence-corrected chi connectivity index (χ1v) is 11.1. The van der Waals surface area contributed by atoms with E-state index in [0.29, 0.717) is 21.8 Å². The van der Waals surface area contributed by atoms with Crippen molar-refractivity contribution in [2.45, 2.75) is 5.16 Å². The average Bonchev–Trinajstić information content (AvgIpc) is 3.39. The fourth-order valence-corrected chi connectivity index (χ4v) is 4.25. The van der Waals surface area contributed by atoms with Crippen LogP contribution in [-0.4, -0.2) is 38.5 Å². The van der Waals surface area contributed by atoms with Gasteiger partial charge in [0, 0.05) is 23.6 Å². The van der Waals surface area contributed by atoms with Crippen LogP contribution in [-0.2, 0) is 11.8 Å². The summed E-state index contributed by atoms with van der Waals surface area (Å²) in [5, 5.41) is 14.1. The van der Waals surface area contributed by atoms with Crippen molar-refractivity contribution >= 4 is 34.1 Å². The third kappa shape index (κ3) is 4.92. The minimum atomic E-state index is -0.302. The van der Waals surface area contributed by atoms with E-state index in [4.69, 9.17) is 4.74 Å². The molecule has 0 spiro atoms. The number of aromatic nitrogens is 4. The SMILES string of the molecule is COc1ccc(-c2nnc(SCC(=O)Nc3nc(-c4ccc(F)cc4)cs3)n2C)cc1. The van der Waals surface area contributed by atoms with Gasteiger partial charge in [-0.3, -0.25) is 4.79 Å². The molecule has 158 valence electrons. The van der Waals surface area contributed by atoms with Crippen molar-refractivity contribution in [1.29, 1.82) is 0 Å². The lowest BCUT2D eigenvalue weighted by atomic mass is 10.2. The van der Waals surface area contributed by atoms with Gasteiger partial charge in [-0.25, -0.2) is 9.37 Å². The maximum atomic E-state index is 13.1. The number of rotatable bonds is 7. The molecule has 4 rings (SSSR count). The highest BCUT2D eigenvalue weighted by Crippen LogP contribution is 2.27. The van der Waals surface area contributed by atoms with Gasteiger partial charge in [-0.1, -0.05) is 11.8 Å². The maximum Gasteiger partial charge on any atom is 0.236 e. The molecule has 0 aliphatic heterocycles. The highest BCUT2D eigenvalue weighted by atomic mass is 32.2. The molecule has 0 bridgehead atoms. The molecule has 0 atom stereocenters. The largest absolute Gasteiger partial charge is 0.497 e. The van der Waals surface area contributed by atoms with Gasteiger partial charge in [0.15, 0.2) is 16.1 Å². The minimum Gasteiger partial charge on any atom is -0.497 e. The fraction of sp³-hybridized carbons (Fsp3) is 0.143. The van der Waals surface area contributed by atoms with Crippen molar-refractivity contribution in [1.82, 2.24) is 19.7 Å². The minimum absolute atomic E-state index is 0.167. The number of thioether (sulfide) groups is 1. The number of halogens is 1. The number of methoxy groups -OCH3 is 1. The Hall–Kier alpha value is -3.24. The molecule has 4 aromatic rings. The predicted molar refractivity (Wildman–Crippen MR) is 120 cm³/mol. The quantitative estimate of drug-likeness (QED) is 0.414. The summed E-state index contributed by atoms with van der Waals surface area (Å²) in [4.78, 5) is 16.7. The number of hydrogen-bond donors (Lipinski definition) is 1. The van der Waals surface area contributed by atoms with Gasteiger partial charge in [0.25, 0.3) is 0 Å². The molecule has 2 heterocycles. The van der Waals surface area contributed by atoms with Gasteiger partial charge < -0.3 is 14.6 Å². The smallest absolute Gasteiger partial charge is 0.236 e. The summed E-state index contributed by atoms with van der Waals surface area (Å²) in [5.74, 6) is 1.14. The Morgan fingerprint density at radius 1 is 1.13 bits per heavy atom. The molecule has 7 nitrogen and oxygen atoms in total. The van der Waals surface area contributed by atoms with E-state index in [2.05, 4.69) is 20.5 Å². The van der Waals surface area contributed by atoms with Crippen LogP contribution in [0.5, 0.6) is 5.75 Å². The molecule has 1 amide bonds. The molecular formula is C21H18FN5O2S2. The van der Waals surface area contributed by atoms with Crippen molar-refractivity contribution in [3.63, 3.8) is 0 Å². The van der Waals surface area contributed by atoms with Crippen molar-refractivity contribution in [3.05, 3.63) is 59.7 Å². The highest BCUT2D eigenvalue weighted by molar-refractivity contribution is 7.99. The summed E-state index contributed by atoms with van der Waals surface area (Å²) in [6.07, 6.45) is 0. The molecule has 0 fully saturated rings. The summed E-state index contributed by atoms with van der Waals surface area (Å²) in [6, 6.07) is 13.6. The zero-order valence-corrected chi connectivity index (χ0v) is 18.3. The van der Waals surface area contributed by atoms with Gasteiger partial charge in [-0.15, -0.1) is 21.5 Å². The average molecular weight is 456 g/mol. The van der Waals surface area contributed by atoms with E-state index in [0.717, 1.165) is 16.9 Å². The summed E-state index contributed by atoms with van der Waals surface area (Å²) in [6.45, 7) is 0. The van der Waals surface area contributed by atoms with Crippen LogP contribution in [0.2, 0.25) is 0 Å². The Kier molecular flexibility index (Phi) is 6.28. The monoisotopic (exact) mass is 455 g/mol. The van der Waals surface area contributed by atoms with E-state index in [9.17, 15) is 9.18 Å². The Morgan fingerprint density at radius 2 is 1.84 bits per heavy atom. The standard InChI is InChI=1S/C21H18FN5O2S2/c1-27-19(14-5-9-16(29-2)10-6-14)25-26-21(27)31-12-18(28)24-20-23-17(11-30-20)13-3-7-15(22)8-4-13/h3-11H,12H2,1-2H3,(H,23,24,28). The molecule has 2 aromatic carbocycles. The van der Waals surface area contributed by atoms with Crippen LogP contribution in [0.3, 0.4) is 0 Å². The Morgan fingerprint density at radius 3 is 2.55 bits per heavy atom. The molecule has 31 heavy (non-hydrogen) atoms. The molecule has 10 heteroatoms. The summed E-state index contributed by atoms with van der Waals surface area (Å²) >= 11 is 2.61. The third-order valence-corrected chi connectivity index (χ3v) is 6.18. The third-order valence-electron chi connectivity index (χ3n) is 4.41. The van der Waals surface area contributed by atoms with E-state index >= 15 is 0 Å². The van der Waals surface area contributed by atoms with E-state index in [1.165, 1.54) is 35.2 Å². The number of ether oxygens (including phenoxy) is 1. The van der Waals surface area contributed by atoms with Crippen molar-refractivity contribution < 1.29 is 13.9 Å². The number of nitrogens with zero attached hydrogens (tertiary/aromatic N) is 4. The Balaban J connectivity index is 1.36. The Labute approximate surface area is 186 Å². The van der Waals surface area contributed by atoms with Crippen LogP contribution in [0.1, 0.15) is 0 Å². The van der Waals surface area contributed by atoms with Crippen molar-refractivity contribution in [2.24, 2.45) is 7.05 Å². The van der Waals surface area contributed by atoms with E-state index in [1.54, 1.807) is 19.2 Å². The van der Waals surface area contributed by atoms with Gasteiger partial charge in [0.1, 0.15) is 11.6 Å². The van der Waals surface area contributed by atoms with E-state index < -0.39 is 0 Å². The first-order valence-electron chi connectivity index (χ1n) is 9.21. The molecular weight excluding hydrogens is 437 g/mol. The lowest BCUT2D eigenvalue weighted by molar-refractivity contribution is -0.113. The van der Waals surface area contributed by atoms with Crippen molar-refractivity contribution in [3.8, 4) is 28.4 Å². The second-order valence-corrected chi connectivity index (χ2v) is 8.28. The van der Waals surface area contributed by atoms with Crippen LogP contribution in [0.4, 0.5) is 9.52 Å². The number of amides is 1. The summed E-state index contributed by atoms with van der Waals surface area (Å²) in [7, 11) is 3.47. The number of anilines is 1. The van der Waals surface area contributed by atoms with Crippen LogP contribution < -0.4 is 10.1 Å². The molecule has 2 aromatic heterocycles. The lowest BCUT2D eigenvalue weighted by Gasteiger charge is -2.05. The molecule has 0 unspecified atom stereocenters. The lowest BCUT2D eigenvalue weighted by Crippen LogP contribution is -2.14. The van der Waals surface area contributed by atoms with Crippen LogP contribution in [0, 0.1) is 5.82 Å². The molecule has 0 aliphatic rings. The first kappa shape index (κ1) is 21.0.